The van der Waals surface area contributed by atoms with Gasteiger partial charge < -0.3 is 5.32 Å². The van der Waals surface area contributed by atoms with Gasteiger partial charge in [-0.3, -0.25) is 19.1 Å². The van der Waals surface area contributed by atoms with Crippen molar-refractivity contribution in [3.8, 4) is 0 Å². The minimum Gasteiger partial charge on any atom is -0.365 e. The van der Waals surface area contributed by atoms with Gasteiger partial charge in [-0.1, -0.05) is 18.2 Å². The van der Waals surface area contributed by atoms with Gasteiger partial charge in [0.2, 0.25) is 0 Å². The van der Waals surface area contributed by atoms with Gasteiger partial charge in [-0.2, -0.15) is 10.6 Å². The second-order valence-corrected chi connectivity index (χ2v) is 9.49. The normalized spacial score (nSPS) is 19.5. The monoisotopic (exact) mass is 396 g/mol. The lowest BCUT2D eigenvalue weighted by Crippen LogP contribution is -2.22. The Morgan fingerprint density at radius 2 is 1.68 bits per heavy atom. The summed E-state index contributed by atoms with van der Waals surface area (Å²) in [5.74, 6) is 1.76. The summed E-state index contributed by atoms with van der Waals surface area (Å²) in [4.78, 5) is 13.1. The Labute approximate surface area is 166 Å². The molecule has 4 heterocycles. The lowest BCUT2D eigenvalue weighted by Gasteiger charge is -2.26. The van der Waals surface area contributed by atoms with Crippen molar-refractivity contribution in [2.45, 2.75) is 24.8 Å². The van der Waals surface area contributed by atoms with E-state index >= 15 is 0 Å². The Kier molecular flexibility index (Phi) is 5.57. The van der Waals surface area contributed by atoms with E-state index in [1.165, 1.54) is 0 Å². The van der Waals surface area contributed by atoms with Crippen LogP contribution in [0.5, 0.6) is 0 Å². The van der Waals surface area contributed by atoms with Gasteiger partial charge in [-0.25, -0.2) is 4.98 Å². The second kappa shape index (κ2) is 8.26. The molecule has 4 rings (SSSR count). The molecule has 0 aromatic carbocycles. The van der Waals surface area contributed by atoms with E-state index in [4.69, 9.17) is 0 Å². The van der Waals surface area contributed by atoms with Crippen molar-refractivity contribution in [2.75, 3.05) is 16.8 Å². The van der Waals surface area contributed by atoms with Gasteiger partial charge >= 0.3 is 0 Å². The molecule has 28 heavy (non-hydrogen) atoms. The van der Waals surface area contributed by atoms with E-state index in [9.17, 15) is 9.11 Å². The molecule has 0 amide bonds. The summed E-state index contributed by atoms with van der Waals surface area (Å²) in [6.07, 6.45) is 10.6. The fourth-order valence-electron chi connectivity index (χ4n) is 3.67. The summed E-state index contributed by atoms with van der Waals surface area (Å²) >= 11 is 0. The summed E-state index contributed by atoms with van der Waals surface area (Å²) in [7, 11) is -2.44. The van der Waals surface area contributed by atoms with Gasteiger partial charge in [-0.05, 0) is 47.7 Å². The van der Waals surface area contributed by atoms with E-state index in [-0.39, 0.29) is 12.0 Å². The smallest absolute Gasteiger partial charge is 0.129 e. The van der Waals surface area contributed by atoms with E-state index < -0.39 is 10.6 Å². The average molecular weight is 397 g/mol. The maximum Gasteiger partial charge on any atom is 0.129 e. The molecule has 3 aromatic rings. The molecule has 0 bridgehead atoms. The Bertz CT molecular complexity index is 869. The van der Waals surface area contributed by atoms with E-state index in [1.54, 1.807) is 18.6 Å². The van der Waals surface area contributed by atoms with Crippen LogP contribution in [0.3, 0.4) is 0 Å². The van der Waals surface area contributed by atoms with Crippen LogP contribution in [-0.4, -0.2) is 41.6 Å². The molecule has 146 valence electrons. The lowest BCUT2D eigenvalue weighted by atomic mass is 9.87. The molecule has 1 aliphatic heterocycles. The molecule has 6 nitrogen and oxygen atoms in total. The Morgan fingerprint density at radius 3 is 2.25 bits per heavy atom. The molecule has 1 atom stereocenters. The van der Waals surface area contributed by atoms with E-state index in [0.29, 0.717) is 11.5 Å². The zero-order chi connectivity index (χ0) is 19.4. The van der Waals surface area contributed by atoms with Gasteiger partial charge in [0.05, 0.1) is 5.75 Å². The molecule has 0 radical (unpaired) electrons. The van der Waals surface area contributed by atoms with Crippen LogP contribution in [0.25, 0.3) is 0 Å². The fraction of sp³-hybridized carbons (Fsp3) is 0.286. The van der Waals surface area contributed by atoms with E-state index in [2.05, 4.69) is 38.5 Å². The van der Waals surface area contributed by atoms with Crippen LogP contribution < -0.4 is 5.32 Å². The predicted molar refractivity (Wildman–Crippen MR) is 113 cm³/mol. The third-order valence-corrected chi connectivity index (χ3v) is 6.92. The molecule has 1 fully saturated rings. The number of rotatable bonds is 6. The van der Waals surface area contributed by atoms with Gasteiger partial charge in [-0.15, -0.1) is 0 Å². The predicted octanol–water partition coefficient (Wildman–Crippen LogP) is 4.18. The number of aromatic nitrogens is 3. The zero-order valence-electron chi connectivity index (χ0n) is 15.5. The van der Waals surface area contributed by atoms with Crippen LogP contribution in [0.2, 0.25) is 0 Å². The topological polar surface area (TPSA) is 91.2 Å². The van der Waals surface area contributed by atoms with Crippen molar-refractivity contribution in [3.63, 3.8) is 0 Å². The molecule has 1 unspecified atom stereocenters. The lowest BCUT2D eigenvalue weighted by molar-refractivity contribution is 0.495. The minimum absolute atomic E-state index is 0.0360. The summed E-state index contributed by atoms with van der Waals surface area (Å²) in [6, 6.07) is 12.1. The molecule has 0 aliphatic carbocycles. The maximum absolute atomic E-state index is 9.92. The number of nitrogens with one attached hydrogen (secondary N) is 1. The first kappa shape index (κ1) is 18.9. The third-order valence-electron chi connectivity index (χ3n) is 5.09. The van der Waals surface area contributed by atoms with Gasteiger partial charge in [0.1, 0.15) is 5.82 Å². The highest BCUT2D eigenvalue weighted by molar-refractivity contribution is 8.24. The molecular weight excluding hydrogens is 372 g/mol. The van der Waals surface area contributed by atoms with Crippen molar-refractivity contribution < 1.29 is 9.11 Å². The number of anilines is 1. The average Bonchev–Trinajstić information content (AvgIpc) is 3.07. The van der Waals surface area contributed by atoms with Crippen molar-refractivity contribution in [3.05, 3.63) is 84.1 Å². The summed E-state index contributed by atoms with van der Waals surface area (Å²) in [5, 5.41) is 3.43. The van der Waals surface area contributed by atoms with Crippen molar-refractivity contribution in [1.82, 2.24) is 15.0 Å². The van der Waals surface area contributed by atoms with Crippen LogP contribution in [0.4, 0.5) is 5.82 Å². The molecule has 1 aliphatic rings. The Morgan fingerprint density at radius 1 is 1.00 bits per heavy atom. The van der Waals surface area contributed by atoms with Gasteiger partial charge in [0.15, 0.2) is 0 Å². The second-order valence-electron chi connectivity index (χ2n) is 7.14. The van der Waals surface area contributed by atoms with Crippen molar-refractivity contribution in [2.24, 2.45) is 0 Å². The van der Waals surface area contributed by atoms with Crippen molar-refractivity contribution in [1.29, 1.82) is 0 Å². The van der Waals surface area contributed by atoms with Crippen LogP contribution in [0.15, 0.2) is 67.4 Å². The molecule has 1 saturated heterocycles. The van der Waals surface area contributed by atoms with Gasteiger partial charge in [0, 0.05) is 48.7 Å². The molecule has 3 aromatic heterocycles. The number of hydrogen-bond donors (Lipinski definition) is 3. The van der Waals surface area contributed by atoms with Gasteiger partial charge in [0.25, 0.3) is 0 Å². The summed E-state index contributed by atoms with van der Waals surface area (Å²) < 4.78 is 19.8. The van der Waals surface area contributed by atoms with Crippen LogP contribution in [0.1, 0.15) is 29.0 Å². The van der Waals surface area contributed by atoms with Crippen LogP contribution in [-0.2, 0) is 6.42 Å². The van der Waals surface area contributed by atoms with E-state index in [1.807, 2.05) is 30.6 Å². The minimum atomic E-state index is -2.44. The highest BCUT2D eigenvalue weighted by Crippen LogP contribution is 2.46. The molecule has 3 N–H and O–H groups in total. The molecule has 0 saturated carbocycles. The maximum atomic E-state index is 9.92. The fourth-order valence-corrected chi connectivity index (χ4v) is 5.40. The Balaban J connectivity index is 1.61. The van der Waals surface area contributed by atoms with Crippen LogP contribution in [0, 0.1) is 0 Å². The number of nitrogens with zero attached hydrogens (tertiary/aromatic N) is 3. The number of hydrogen-bond acceptors (Lipinski definition) is 6. The highest BCUT2D eigenvalue weighted by Gasteiger charge is 2.29. The summed E-state index contributed by atoms with van der Waals surface area (Å²) in [6.45, 7) is 0. The first-order valence-electron chi connectivity index (χ1n) is 9.34. The first-order valence-corrected chi connectivity index (χ1v) is 11.2. The standard InChI is InChI=1S/C21H24N4O2S/c26-28(27)11-7-19(15-28)25-21-16(4-3-10-24-21)12-20(17-5-1-8-22-13-17)18-6-2-9-23-14-18/h1-6,8-10,13-14,19-20,26-27H,7,11-12,15H2,(H,24,25). The molecule has 7 heteroatoms. The quantitative estimate of drug-likeness (QED) is 0.579. The molecule has 0 spiro atoms. The highest BCUT2D eigenvalue weighted by atomic mass is 32.3. The Hall–Kier alpha value is -2.48. The largest absolute Gasteiger partial charge is 0.365 e. The van der Waals surface area contributed by atoms with E-state index in [0.717, 1.165) is 35.3 Å². The zero-order valence-corrected chi connectivity index (χ0v) is 16.3. The third kappa shape index (κ3) is 4.49. The van der Waals surface area contributed by atoms with Crippen molar-refractivity contribution >= 4 is 16.4 Å². The molecular formula is C21H24N4O2S. The SMILES string of the molecule is OS1(O)CCC(Nc2ncccc2CC(c2cccnc2)c2cccnc2)C1. The first-order chi connectivity index (χ1) is 13.6. The number of pyridine rings is 3. The summed E-state index contributed by atoms with van der Waals surface area (Å²) in [5.41, 5.74) is 3.34. The van der Waals surface area contributed by atoms with Crippen LogP contribution >= 0.6 is 10.6 Å².